The number of fused-ring (bicyclic) bond motifs is 4. The van der Waals surface area contributed by atoms with E-state index in [1.807, 2.05) is 48.5 Å². The summed E-state index contributed by atoms with van der Waals surface area (Å²) in [5.74, 6) is -1.75. The van der Waals surface area contributed by atoms with Gasteiger partial charge in [-0.05, 0) is 41.2 Å². The van der Waals surface area contributed by atoms with E-state index in [0.29, 0.717) is 5.69 Å². The highest BCUT2D eigenvalue weighted by molar-refractivity contribution is 6.14. The molecule has 0 saturated heterocycles. The zero-order valence-electron chi connectivity index (χ0n) is 22.1. The number of aliphatic imine (C=N–C) groups is 1. The fourth-order valence-electron chi connectivity index (χ4n) is 6.30. The van der Waals surface area contributed by atoms with Crippen LogP contribution in [0.3, 0.4) is 0 Å². The predicted octanol–water partition coefficient (Wildman–Crippen LogP) is 5.35. The summed E-state index contributed by atoms with van der Waals surface area (Å²) in [5, 5.41) is 12.3. The average molecular weight is 538 g/mol. The second-order valence-electron chi connectivity index (χ2n) is 10.6. The number of nitrogens with zero attached hydrogens (tertiary/aromatic N) is 2. The van der Waals surface area contributed by atoms with Crippen LogP contribution in [-0.4, -0.2) is 48.1 Å². The van der Waals surface area contributed by atoms with Crippen molar-refractivity contribution < 1.29 is 24.2 Å². The third-order valence-electron chi connectivity index (χ3n) is 8.12. The number of alkyl carbamates (subject to hydrolysis) is 1. The Balaban J connectivity index is 1.26. The van der Waals surface area contributed by atoms with Crippen LogP contribution in [0.15, 0.2) is 77.8 Å². The highest BCUT2D eigenvalue weighted by Crippen LogP contribution is 2.44. The Hall–Kier alpha value is -4.46. The molecule has 40 heavy (non-hydrogen) atoms. The van der Waals surface area contributed by atoms with Crippen LogP contribution >= 0.6 is 0 Å². The second kappa shape index (κ2) is 11.0. The fourth-order valence-corrected chi connectivity index (χ4v) is 6.30. The van der Waals surface area contributed by atoms with E-state index < -0.39 is 30.7 Å². The molecule has 2 amide bonds. The molecule has 2 N–H and O–H groups in total. The number of para-hydroxylation sites is 1. The van der Waals surface area contributed by atoms with Gasteiger partial charge in [0.1, 0.15) is 13.2 Å². The molecule has 204 valence electrons. The normalized spacial score (nSPS) is 18.7. The maximum atomic E-state index is 13.7. The lowest BCUT2D eigenvalue weighted by Crippen LogP contribution is -2.49. The van der Waals surface area contributed by atoms with E-state index in [0.717, 1.165) is 65.6 Å². The molecule has 3 aliphatic rings. The second-order valence-corrected chi connectivity index (χ2v) is 10.6. The summed E-state index contributed by atoms with van der Waals surface area (Å²) < 4.78 is 5.70. The minimum Gasteiger partial charge on any atom is -0.480 e. The summed E-state index contributed by atoms with van der Waals surface area (Å²) in [6, 6.07) is 23.4. The van der Waals surface area contributed by atoms with Crippen molar-refractivity contribution in [2.45, 2.75) is 44.2 Å². The first kappa shape index (κ1) is 25.8. The lowest BCUT2D eigenvalue weighted by Gasteiger charge is -2.25. The van der Waals surface area contributed by atoms with Crippen LogP contribution < -0.4 is 10.2 Å². The molecule has 3 aromatic rings. The molecule has 2 aliphatic carbocycles. The first-order chi connectivity index (χ1) is 19.5. The number of carboxylic acid groups (broad SMARTS) is 1. The highest BCUT2D eigenvalue weighted by Gasteiger charge is 2.36. The minimum absolute atomic E-state index is 0.0963. The molecule has 0 radical (unpaired) electrons. The van der Waals surface area contributed by atoms with Gasteiger partial charge in [-0.15, -0.1) is 0 Å². The van der Waals surface area contributed by atoms with Crippen molar-refractivity contribution >= 4 is 29.4 Å². The van der Waals surface area contributed by atoms with E-state index in [9.17, 15) is 19.5 Å². The largest absolute Gasteiger partial charge is 0.480 e. The number of amides is 2. The average Bonchev–Trinajstić information content (AvgIpc) is 3.25. The number of nitrogens with one attached hydrogen (secondary N) is 1. The lowest BCUT2D eigenvalue weighted by atomic mass is 9.83. The van der Waals surface area contributed by atoms with Crippen molar-refractivity contribution in [2.24, 2.45) is 10.9 Å². The van der Waals surface area contributed by atoms with E-state index in [1.54, 1.807) is 12.1 Å². The van der Waals surface area contributed by atoms with Gasteiger partial charge in [-0.25, -0.2) is 4.79 Å². The molecule has 1 heterocycles. The van der Waals surface area contributed by atoms with E-state index in [-0.39, 0.29) is 18.4 Å². The Bertz CT molecular complexity index is 1450. The van der Waals surface area contributed by atoms with Crippen LogP contribution in [0.2, 0.25) is 0 Å². The number of rotatable bonds is 6. The van der Waals surface area contributed by atoms with Crippen LogP contribution in [0.25, 0.3) is 11.1 Å². The first-order valence-corrected chi connectivity index (χ1v) is 13.8. The fraction of sp³-hybridized carbons (Fsp3) is 0.312. The van der Waals surface area contributed by atoms with Gasteiger partial charge in [0.15, 0.2) is 0 Å². The SMILES string of the molecule is O=C(O)CN1C(=O)[C@@H](NC(=O)OCC2c3ccccc3-c3ccccc32)N=C(C2CCCCC2)c2ccccc21. The van der Waals surface area contributed by atoms with Gasteiger partial charge >= 0.3 is 12.1 Å². The third kappa shape index (κ3) is 4.85. The lowest BCUT2D eigenvalue weighted by molar-refractivity contribution is -0.136. The summed E-state index contributed by atoms with van der Waals surface area (Å²) in [5.41, 5.74) is 6.38. The van der Waals surface area contributed by atoms with Gasteiger partial charge in [0.2, 0.25) is 6.17 Å². The summed E-state index contributed by atoms with van der Waals surface area (Å²) in [4.78, 5) is 44.6. The molecular weight excluding hydrogens is 506 g/mol. The molecule has 1 saturated carbocycles. The summed E-state index contributed by atoms with van der Waals surface area (Å²) in [7, 11) is 0. The number of aliphatic carboxylic acids is 1. The maximum Gasteiger partial charge on any atom is 0.409 e. The molecular formula is C32H31N3O5. The molecule has 8 heteroatoms. The molecule has 8 nitrogen and oxygen atoms in total. The Kier molecular flexibility index (Phi) is 7.07. The Morgan fingerprint density at radius 1 is 0.875 bits per heavy atom. The van der Waals surface area contributed by atoms with Gasteiger partial charge < -0.3 is 9.84 Å². The van der Waals surface area contributed by atoms with Gasteiger partial charge in [0.05, 0.1) is 11.4 Å². The van der Waals surface area contributed by atoms with Crippen LogP contribution in [0.1, 0.15) is 54.7 Å². The molecule has 1 aliphatic heterocycles. The zero-order valence-corrected chi connectivity index (χ0v) is 22.1. The van der Waals surface area contributed by atoms with Crippen molar-refractivity contribution in [1.29, 1.82) is 0 Å². The van der Waals surface area contributed by atoms with Gasteiger partial charge in [-0.1, -0.05) is 86.0 Å². The number of ether oxygens (including phenoxy) is 1. The standard InChI is InChI=1S/C32H31N3O5/c36-28(37)18-35-27-17-9-8-16-25(27)29(20-10-2-1-3-11-20)33-30(31(35)38)34-32(39)40-19-26-23-14-6-4-12-21(23)22-13-5-7-15-24(22)26/h4-9,12-17,20,26,30H,1-3,10-11,18-19H2,(H,34,39)(H,36,37)/t30-/m1/s1. The molecule has 3 aromatic carbocycles. The third-order valence-corrected chi connectivity index (χ3v) is 8.12. The van der Waals surface area contributed by atoms with Gasteiger partial charge in [-0.2, -0.15) is 0 Å². The van der Waals surface area contributed by atoms with Gasteiger partial charge in [0, 0.05) is 17.4 Å². The van der Waals surface area contributed by atoms with Gasteiger partial charge in [0.25, 0.3) is 5.91 Å². The Labute approximate surface area is 232 Å². The number of anilines is 1. The number of carboxylic acids is 1. The monoisotopic (exact) mass is 537 g/mol. The molecule has 1 atom stereocenters. The quantitative estimate of drug-likeness (QED) is 0.441. The van der Waals surface area contributed by atoms with Crippen molar-refractivity contribution in [3.05, 3.63) is 89.5 Å². The number of benzodiazepines with no additional fused rings is 1. The van der Waals surface area contributed by atoms with Crippen LogP contribution in [0.4, 0.5) is 10.5 Å². The van der Waals surface area contributed by atoms with Crippen LogP contribution in [-0.2, 0) is 14.3 Å². The summed E-state index contributed by atoms with van der Waals surface area (Å²) >= 11 is 0. The van der Waals surface area contributed by atoms with E-state index in [4.69, 9.17) is 9.73 Å². The Morgan fingerprint density at radius 3 is 2.12 bits per heavy atom. The van der Waals surface area contributed by atoms with Crippen LogP contribution in [0, 0.1) is 5.92 Å². The zero-order chi connectivity index (χ0) is 27.6. The van der Waals surface area contributed by atoms with Crippen molar-refractivity contribution in [3.8, 4) is 11.1 Å². The maximum absolute atomic E-state index is 13.7. The number of carbonyl (C=O) groups is 3. The van der Waals surface area contributed by atoms with E-state index in [2.05, 4.69) is 17.4 Å². The molecule has 6 rings (SSSR count). The molecule has 0 unspecified atom stereocenters. The Morgan fingerprint density at radius 2 is 1.48 bits per heavy atom. The van der Waals surface area contributed by atoms with E-state index in [1.165, 1.54) is 4.90 Å². The first-order valence-electron chi connectivity index (χ1n) is 13.8. The minimum atomic E-state index is -1.29. The van der Waals surface area contributed by atoms with Crippen molar-refractivity contribution in [3.63, 3.8) is 0 Å². The summed E-state index contributed by atoms with van der Waals surface area (Å²) in [6.07, 6.45) is 3.06. The van der Waals surface area contributed by atoms with Gasteiger partial charge in [-0.3, -0.25) is 24.8 Å². The number of hydrogen-bond acceptors (Lipinski definition) is 5. The molecule has 0 spiro atoms. The smallest absolute Gasteiger partial charge is 0.409 e. The molecule has 0 aromatic heterocycles. The molecule has 0 bridgehead atoms. The molecule has 1 fully saturated rings. The number of carbonyl (C=O) groups excluding carboxylic acids is 2. The summed E-state index contributed by atoms with van der Waals surface area (Å²) in [6.45, 7) is -0.439. The number of benzene rings is 3. The van der Waals surface area contributed by atoms with Crippen molar-refractivity contribution in [1.82, 2.24) is 5.32 Å². The highest BCUT2D eigenvalue weighted by atomic mass is 16.5. The van der Waals surface area contributed by atoms with Crippen LogP contribution in [0.5, 0.6) is 0 Å². The van der Waals surface area contributed by atoms with Crippen molar-refractivity contribution in [2.75, 3.05) is 18.1 Å². The van der Waals surface area contributed by atoms with E-state index >= 15 is 0 Å². The predicted molar refractivity (Wildman–Crippen MR) is 152 cm³/mol. The topological polar surface area (TPSA) is 108 Å². The number of hydrogen-bond donors (Lipinski definition) is 2.